The Bertz CT molecular complexity index is 455. The van der Waals surface area contributed by atoms with Crippen LogP contribution in [0.15, 0.2) is 11.2 Å². The number of carbonyl (C=O) groups is 1. The summed E-state index contributed by atoms with van der Waals surface area (Å²) in [6.07, 6.45) is 1.56. The fourth-order valence-corrected chi connectivity index (χ4v) is 1.55. The lowest BCUT2D eigenvalue weighted by atomic mass is 10.4. The van der Waals surface area contributed by atoms with Gasteiger partial charge in [0.05, 0.1) is 26.4 Å². The Morgan fingerprint density at radius 3 is 3.22 bits per heavy atom. The van der Waals surface area contributed by atoms with Crippen LogP contribution in [0.25, 0.3) is 0 Å². The molecule has 0 saturated heterocycles. The summed E-state index contributed by atoms with van der Waals surface area (Å²) in [7, 11) is 1.31. The first-order valence-electron chi connectivity index (χ1n) is 5.72. The van der Waals surface area contributed by atoms with Crippen molar-refractivity contribution in [3.63, 3.8) is 0 Å². The van der Waals surface area contributed by atoms with E-state index in [1.807, 2.05) is 0 Å². The highest BCUT2D eigenvalue weighted by Crippen LogP contribution is 1.95. The molecular weight excluding hydrogens is 236 g/mol. The average Bonchev–Trinajstić information content (AvgIpc) is 2.98. The van der Waals surface area contributed by atoms with Crippen LogP contribution in [-0.2, 0) is 11.3 Å². The minimum atomic E-state index is -0.482. The number of ether oxygens (including phenoxy) is 1. The third kappa shape index (κ3) is 2.96. The number of guanidine groups is 1. The van der Waals surface area contributed by atoms with Crippen LogP contribution in [0.1, 0.15) is 17.4 Å². The number of esters is 1. The zero-order valence-electron chi connectivity index (χ0n) is 10.4. The number of aromatic nitrogens is 3. The highest BCUT2D eigenvalue weighted by Gasteiger charge is 2.12. The smallest absolute Gasteiger partial charge is 0.360 e. The summed E-state index contributed by atoms with van der Waals surface area (Å²) in [5.41, 5.74) is 0.211. The lowest BCUT2D eigenvalue weighted by Crippen LogP contribution is -2.38. The van der Waals surface area contributed by atoms with Crippen LogP contribution in [0.2, 0.25) is 0 Å². The van der Waals surface area contributed by atoms with Gasteiger partial charge in [0.25, 0.3) is 0 Å². The Morgan fingerprint density at radius 1 is 1.72 bits per heavy atom. The largest absolute Gasteiger partial charge is 0.464 e. The fourth-order valence-electron chi connectivity index (χ4n) is 1.55. The summed E-state index contributed by atoms with van der Waals surface area (Å²) >= 11 is 0. The molecule has 8 nitrogen and oxygen atoms in total. The van der Waals surface area contributed by atoms with Gasteiger partial charge in [0.15, 0.2) is 11.7 Å². The number of hydrogen-bond acceptors (Lipinski definition) is 7. The molecule has 0 aliphatic carbocycles. The Balaban J connectivity index is 1.77. The second-order valence-electron chi connectivity index (χ2n) is 4.02. The van der Waals surface area contributed by atoms with Gasteiger partial charge >= 0.3 is 5.97 Å². The quantitative estimate of drug-likeness (QED) is 0.668. The standard InChI is InChI=1S/C10H16N6O2/c1-7-5-12-10(13-7)11-3-4-16-6-8(14-15-16)9(17)18-2/h6-7H,3-5H2,1-2H3,(H2,11,12,13). The number of rotatable bonds is 4. The molecule has 0 bridgehead atoms. The zero-order valence-corrected chi connectivity index (χ0v) is 10.4. The van der Waals surface area contributed by atoms with Gasteiger partial charge in [-0.25, -0.2) is 9.48 Å². The van der Waals surface area contributed by atoms with Gasteiger partial charge in [-0.15, -0.1) is 5.10 Å². The van der Waals surface area contributed by atoms with Gasteiger partial charge in [0.2, 0.25) is 0 Å². The molecule has 0 radical (unpaired) electrons. The van der Waals surface area contributed by atoms with E-state index < -0.39 is 5.97 Å². The summed E-state index contributed by atoms with van der Waals surface area (Å²) in [4.78, 5) is 15.4. The number of nitrogens with zero attached hydrogens (tertiary/aromatic N) is 4. The first kappa shape index (κ1) is 12.3. The monoisotopic (exact) mass is 252 g/mol. The third-order valence-electron chi connectivity index (χ3n) is 2.47. The van der Waals surface area contributed by atoms with Crippen LogP contribution in [0.5, 0.6) is 0 Å². The van der Waals surface area contributed by atoms with E-state index in [2.05, 4.69) is 37.6 Å². The van der Waals surface area contributed by atoms with Crippen LogP contribution < -0.4 is 10.6 Å². The van der Waals surface area contributed by atoms with Crippen molar-refractivity contribution in [2.75, 3.05) is 20.2 Å². The summed E-state index contributed by atoms with van der Waals surface area (Å²) in [5, 5.41) is 13.9. The normalized spacial score (nSPS) is 18.1. The van der Waals surface area contributed by atoms with Gasteiger partial charge in [-0.2, -0.15) is 0 Å². The summed E-state index contributed by atoms with van der Waals surface area (Å²) < 4.78 is 6.13. The van der Waals surface area contributed by atoms with Gasteiger partial charge in [0, 0.05) is 12.6 Å². The van der Waals surface area contributed by atoms with E-state index in [4.69, 9.17) is 0 Å². The number of aliphatic imine (C=N–C) groups is 1. The van der Waals surface area contributed by atoms with E-state index in [1.54, 1.807) is 10.9 Å². The van der Waals surface area contributed by atoms with Crippen LogP contribution in [0.3, 0.4) is 0 Å². The first-order chi connectivity index (χ1) is 8.69. The van der Waals surface area contributed by atoms with E-state index in [1.165, 1.54) is 7.11 Å². The molecule has 1 aliphatic heterocycles. The molecule has 98 valence electrons. The molecule has 1 aromatic heterocycles. The summed E-state index contributed by atoms with van der Waals surface area (Å²) in [6.45, 7) is 4.11. The topological polar surface area (TPSA) is 93.4 Å². The minimum absolute atomic E-state index is 0.211. The number of hydrogen-bond donors (Lipinski definition) is 2. The molecule has 0 spiro atoms. The molecular formula is C10H16N6O2. The van der Waals surface area contributed by atoms with E-state index in [9.17, 15) is 4.79 Å². The molecule has 8 heteroatoms. The van der Waals surface area contributed by atoms with E-state index in [-0.39, 0.29) is 5.69 Å². The second-order valence-corrected chi connectivity index (χ2v) is 4.02. The lowest BCUT2D eigenvalue weighted by Gasteiger charge is -2.08. The van der Waals surface area contributed by atoms with Crippen molar-refractivity contribution in [1.82, 2.24) is 25.6 Å². The Hall–Kier alpha value is -2.12. The van der Waals surface area contributed by atoms with Crippen LogP contribution in [0.4, 0.5) is 0 Å². The molecule has 2 rings (SSSR count). The number of nitrogens with one attached hydrogen (secondary N) is 2. The van der Waals surface area contributed by atoms with E-state index in [0.717, 1.165) is 12.5 Å². The van der Waals surface area contributed by atoms with Crippen LogP contribution in [0, 0.1) is 0 Å². The SMILES string of the molecule is COC(=O)c1cn(CCNC2=NCC(C)N2)nn1. The average molecular weight is 252 g/mol. The molecule has 0 fully saturated rings. The molecule has 0 amide bonds. The van der Waals surface area contributed by atoms with E-state index >= 15 is 0 Å². The van der Waals surface area contributed by atoms with Crippen molar-refractivity contribution in [3.05, 3.63) is 11.9 Å². The van der Waals surface area contributed by atoms with Crippen molar-refractivity contribution in [1.29, 1.82) is 0 Å². The number of carbonyl (C=O) groups excluding carboxylic acids is 1. The summed E-state index contributed by atoms with van der Waals surface area (Å²) in [6, 6.07) is 0.379. The second kappa shape index (κ2) is 5.48. The highest BCUT2D eigenvalue weighted by molar-refractivity contribution is 5.86. The predicted octanol–water partition coefficient (Wildman–Crippen LogP) is -0.998. The Morgan fingerprint density at radius 2 is 2.56 bits per heavy atom. The maximum atomic E-state index is 11.2. The molecule has 0 saturated carbocycles. The molecule has 2 heterocycles. The molecule has 0 aromatic carbocycles. The van der Waals surface area contributed by atoms with Crippen LogP contribution >= 0.6 is 0 Å². The zero-order chi connectivity index (χ0) is 13.0. The first-order valence-corrected chi connectivity index (χ1v) is 5.72. The minimum Gasteiger partial charge on any atom is -0.464 e. The van der Waals surface area contributed by atoms with Crippen molar-refractivity contribution < 1.29 is 9.53 Å². The Kier molecular flexibility index (Phi) is 3.75. The predicted molar refractivity (Wildman–Crippen MR) is 64.3 cm³/mol. The molecule has 1 aliphatic rings. The van der Waals surface area contributed by atoms with Gasteiger partial charge in [0.1, 0.15) is 0 Å². The highest BCUT2D eigenvalue weighted by atomic mass is 16.5. The molecule has 2 N–H and O–H groups in total. The van der Waals surface area contributed by atoms with Crippen molar-refractivity contribution in [2.45, 2.75) is 19.5 Å². The number of methoxy groups -OCH3 is 1. The molecule has 1 aromatic rings. The third-order valence-corrected chi connectivity index (χ3v) is 2.47. The molecule has 1 unspecified atom stereocenters. The van der Waals surface area contributed by atoms with Crippen LogP contribution in [-0.4, -0.2) is 53.2 Å². The molecule has 18 heavy (non-hydrogen) atoms. The summed E-state index contributed by atoms with van der Waals surface area (Å²) in [5.74, 6) is 0.320. The molecule has 1 atom stereocenters. The van der Waals surface area contributed by atoms with E-state index in [0.29, 0.717) is 19.1 Å². The van der Waals surface area contributed by atoms with Gasteiger partial charge < -0.3 is 15.4 Å². The van der Waals surface area contributed by atoms with Crippen molar-refractivity contribution >= 4 is 11.9 Å². The van der Waals surface area contributed by atoms with Crippen molar-refractivity contribution in [2.24, 2.45) is 4.99 Å². The lowest BCUT2D eigenvalue weighted by molar-refractivity contribution is 0.0594. The van der Waals surface area contributed by atoms with Gasteiger partial charge in [-0.05, 0) is 6.92 Å². The fraction of sp³-hybridized carbons (Fsp3) is 0.600. The Labute approximate surface area is 104 Å². The van der Waals surface area contributed by atoms with Gasteiger partial charge in [-0.1, -0.05) is 5.21 Å². The van der Waals surface area contributed by atoms with Gasteiger partial charge in [-0.3, -0.25) is 4.99 Å². The maximum Gasteiger partial charge on any atom is 0.360 e. The maximum absolute atomic E-state index is 11.2. The van der Waals surface area contributed by atoms with Crippen molar-refractivity contribution in [3.8, 4) is 0 Å².